The first-order chi connectivity index (χ1) is 9.85. The van der Waals surface area contributed by atoms with Crippen LogP contribution in [0.15, 0.2) is 24.3 Å². The molecule has 1 amide bonds. The number of ether oxygens (including phenoxy) is 1. The van der Waals surface area contributed by atoms with Crippen LogP contribution >= 0.6 is 0 Å². The fourth-order valence-electron chi connectivity index (χ4n) is 1.59. The Morgan fingerprint density at radius 1 is 1.48 bits per heavy atom. The Morgan fingerprint density at radius 2 is 2.19 bits per heavy atom. The second-order valence-corrected chi connectivity index (χ2v) is 5.46. The number of anilines is 1. The van der Waals surface area contributed by atoms with Gasteiger partial charge in [-0.25, -0.2) is 4.79 Å². The Bertz CT molecular complexity index is 566. The molecule has 0 saturated carbocycles. The van der Waals surface area contributed by atoms with Gasteiger partial charge in [-0.2, -0.15) is 5.26 Å². The molecule has 5 nitrogen and oxygen atoms in total. The first-order valence-electron chi connectivity index (χ1n) is 6.67. The van der Waals surface area contributed by atoms with Gasteiger partial charge in [0.15, 0.2) is 0 Å². The molecule has 0 aliphatic rings. The van der Waals surface area contributed by atoms with E-state index in [0.29, 0.717) is 23.2 Å². The van der Waals surface area contributed by atoms with Gasteiger partial charge in [-0.1, -0.05) is 12.2 Å². The minimum absolute atomic E-state index is 0.0498. The predicted octanol–water partition coefficient (Wildman–Crippen LogP) is 3.30. The second-order valence-electron chi connectivity index (χ2n) is 5.46. The lowest BCUT2D eigenvalue weighted by Crippen LogP contribution is -2.27. The molecule has 0 bridgehead atoms. The fourth-order valence-corrected chi connectivity index (χ4v) is 1.59. The lowest BCUT2D eigenvalue weighted by molar-refractivity contribution is 0.0636. The molecular formula is C16H20N2O3. The standard InChI is InChI=1S/C16H20N2O3/c1-16(2,3)21-15(20)18-14-8-7-13(11-17)12(10-14)6-4-5-9-19/h4,6-8,10,19H,5,9H2,1-3H3,(H,18,20). The SMILES string of the molecule is CC(C)(C)OC(=O)Nc1ccc(C#N)c(C=CCCO)c1. The van der Waals surface area contributed by atoms with Crippen molar-refractivity contribution in [2.45, 2.75) is 32.8 Å². The van der Waals surface area contributed by atoms with Crippen LogP contribution in [-0.2, 0) is 4.74 Å². The molecule has 5 heteroatoms. The van der Waals surface area contributed by atoms with E-state index >= 15 is 0 Å². The van der Waals surface area contributed by atoms with E-state index in [0.717, 1.165) is 0 Å². The molecule has 1 aromatic rings. The summed E-state index contributed by atoms with van der Waals surface area (Å²) in [5, 5.41) is 20.4. The summed E-state index contributed by atoms with van der Waals surface area (Å²) in [5.74, 6) is 0. The molecule has 1 aromatic carbocycles. The third-order valence-electron chi connectivity index (χ3n) is 2.41. The van der Waals surface area contributed by atoms with Gasteiger partial charge in [0.2, 0.25) is 0 Å². The summed E-state index contributed by atoms with van der Waals surface area (Å²) in [5.41, 5.74) is 1.16. The maximum absolute atomic E-state index is 11.7. The number of aliphatic hydroxyl groups is 1. The number of nitriles is 1. The summed E-state index contributed by atoms with van der Waals surface area (Å²) in [6.07, 6.45) is 3.48. The van der Waals surface area contributed by atoms with Crippen molar-refractivity contribution in [1.82, 2.24) is 0 Å². The van der Waals surface area contributed by atoms with Crippen molar-refractivity contribution < 1.29 is 14.6 Å². The van der Waals surface area contributed by atoms with Gasteiger partial charge in [0.05, 0.1) is 11.6 Å². The summed E-state index contributed by atoms with van der Waals surface area (Å²) in [7, 11) is 0. The number of hydrogen-bond donors (Lipinski definition) is 2. The van der Waals surface area contributed by atoms with Gasteiger partial charge in [0.25, 0.3) is 0 Å². The van der Waals surface area contributed by atoms with Crippen LogP contribution in [0.4, 0.5) is 10.5 Å². The van der Waals surface area contributed by atoms with Crippen molar-refractivity contribution >= 4 is 17.9 Å². The molecule has 0 saturated heterocycles. The lowest BCUT2D eigenvalue weighted by Gasteiger charge is -2.19. The Morgan fingerprint density at radius 3 is 2.76 bits per heavy atom. The number of benzene rings is 1. The van der Waals surface area contributed by atoms with Gasteiger partial charge >= 0.3 is 6.09 Å². The molecule has 0 aliphatic carbocycles. The molecular weight excluding hydrogens is 268 g/mol. The molecule has 2 N–H and O–H groups in total. The summed E-state index contributed by atoms with van der Waals surface area (Å²) in [4.78, 5) is 11.7. The molecule has 21 heavy (non-hydrogen) atoms. The zero-order valence-electron chi connectivity index (χ0n) is 12.5. The van der Waals surface area contributed by atoms with Crippen LogP contribution in [0.5, 0.6) is 0 Å². The van der Waals surface area contributed by atoms with Crippen molar-refractivity contribution in [1.29, 1.82) is 5.26 Å². The zero-order valence-corrected chi connectivity index (χ0v) is 12.5. The fraction of sp³-hybridized carbons (Fsp3) is 0.375. The topological polar surface area (TPSA) is 82.3 Å². The summed E-state index contributed by atoms with van der Waals surface area (Å²) in [6, 6.07) is 7.05. The first kappa shape index (κ1) is 16.7. The molecule has 0 radical (unpaired) electrons. The van der Waals surface area contributed by atoms with Crippen molar-refractivity contribution in [2.24, 2.45) is 0 Å². The van der Waals surface area contributed by atoms with Crippen LogP contribution in [0.25, 0.3) is 6.08 Å². The number of carbonyl (C=O) groups is 1. The van der Waals surface area contributed by atoms with Crippen LogP contribution < -0.4 is 5.32 Å². The number of nitrogens with zero attached hydrogens (tertiary/aromatic N) is 1. The molecule has 0 fully saturated rings. The maximum Gasteiger partial charge on any atom is 0.412 e. The van der Waals surface area contributed by atoms with Crippen LogP contribution in [0.1, 0.15) is 38.3 Å². The molecule has 0 aromatic heterocycles. The van der Waals surface area contributed by atoms with E-state index in [4.69, 9.17) is 15.1 Å². The van der Waals surface area contributed by atoms with E-state index in [1.165, 1.54) is 0 Å². The van der Waals surface area contributed by atoms with Crippen LogP contribution in [0.3, 0.4) is 0 Å². The van der Waals surface area contributed by atoms with E-state index in [1.807, 2.05) is 0 Å². The Balaban J connectivity index is 2.88. The zero-order chi connectivity index (χ0) is 15.9. The highest BCUT2D eigenvalue weighted by atomic mass is 16.6. The number of carbonyl (C=O) groups excluding carboxylic acids is 1. The minimum atomic E-state index is -0.569. The second kappa shape index (κ2) is 7.46. The quantitative estimate of drug-likeness (QED) is 0.890. The van der Waals surface area contributed by atoms with E-state index in [1.54, 1.807) is 51.1 Å². The van der Waals surface area contributed by atoms with Gasteiger partial charge in [-0.15, -0.1) is 0 Å². The highest BCUT2D eigenvalue weighted by molar-refractivity contribution is 5.85. The molecule has 0 heterocycles. The highest BCUT2D eigenvalue weighted by Gasteiger charge is 2.16. The molecule has 112 valence electrons. The lowest BCUT2D eigenvalue weighted by atomic mass is 10.1. The molecule has 0 unspecified atom stereocenters. The third kappa shape index (κ3) is 6.11. The average Bonchev–Trinajstić information content (AvgIpc) is 2.37. The largest absolute Gasteiger partial charge is 0.444 e. The van der Waals surface area contributed by atoms with E-state index in [-0.39, 0.29) is 6.61 Å². The predicted molar refractivity (Wildman–Crippen MR) is 81.8 cm³/mol. The number of hydrogen-bond acceptors (Lipinski definition) is 4. The molecule has 0 aliphatic heterocycles. The van der Waals surface area contributed by atoms with Crippen molar-refractivity contribution in [3.05, 3.63) is 35.4 Å². The Hall–Kier alpha value is -2.32. The van der Waals surface area contributed by atoms with Crippen LogP contribution in [0.2, 0.25) is 0 Å². The van der Waals surface area contributed by atoms with Gasteiger partial charge in [-0.05, 0) is 51.0 Å². The van der Waals surface area contributed by atoms with E-state index < -0.39 is 11.7 Å². The average molecular weight is 288 g/mol. The summed E-state index contributed by atoms with van der Waals surface area (Å²) >= 11 is 0. The van der Waals surface area contributed by atoms with Gasteiger partial charge in [-0.3, -0.25) is 5.32 Å². The van der Waals surface area contributed by atoms with Crippen LogP contribution in [-0.4, -0.2) is 23.4 Å². The normalized spacial score (nSPS) is 11.2. The summed E-state index contributed by atoms with van der Waals surface area (Å²) in [6.45, 7) is 5.41. The molecule has 0 atom stereocenters. The van der Waals surface area contributed by atoms with Gasteiger partial charge in [0.1, 0.15) is 5.60 Å². The van der Waals surface area contributed by atoms with E-state index in [9.17, 15) is 4.79 Å². The number of nitrogens with one attached hydrogen (secondary N) is 1. The monoisotopic (exact) mass is 288 g/mol. The number of aliphatic hydroxyl groups excluding tert-OH is 1. The Kier molecular flexibility index (Phi) is 5.94. The Labute approximate surface area is 124 Å². The molecule has 1 rings (SSSR count). The summed E-state index contributed by atoms with van der Waals surface area (Å²) < 4.78 is 5.17. The number of rotatable bonds is 4. The van der Waals surface area contributed by atoms with Crippen molar-refractivity contribution in [2.75, 3.05) is 11.9 Å². The van der Waals surface area contributed by atoms with Crippen molar-refractivity contribution in [3.63, 3.8) is 0 Å². The smallest absolute Gasteiger partial charge is 0.412 e. The van der Waals surface area contributed by atoms with E-state index in [2.05, 4.69) is 11.4 Å². The minimum Gasteiger partial charge on any atom is -0.444 e. The highest BCUT2D eigenvalue weighted by Crippen LogP contribution is 2.18. The maximum atomic E-state index is 11.7. The van der Waals surface area contributed by atoms with Gasteiger partial charge < -0.3 is 9.84 Å². The van der Waals surface area contributed by atoms with Gasteiger partial charge in [0, 0.05) is 12.3 Å². The van der Waals surface area contributed by atoms with Crippen LogP contribution in [0, 0.1) is 11.3 Å². The number of amides is 1. The van der Waals surface area contributed by atoms with Crippen molar-refractivity contribution in [3.8, 4) is 6.07 Å². The first-order valence-corrected chi connectivity index (χ1v) is 6.67. The third-order valence-corrected chi connectivity index (χ3v) is 2.41. The molecule has 0 spiro atoms.